The Balaban J connectivity index is 2.24. The number of ketones is 1. The number of carbonyl (C=O) groups is 1. The molecule has 82 valence electrons. The van der Waals surface area contributed by atoms with E-state index in [4.69, 9.17) is 9.47 Å². The van der Waals surface area contributed by atoms with Gasteiger partial charge in [0.05, 0.1) is 12.7 Å². The predicted octanol–water partition coefficient (Wildman–Crippen LogP) is 0.313. The highest BCUT2D eigenvalue weighted by Gasteiger charge is 2.19. The van der Waals surface area contributed by atoms with E-state index in [1.54, 1.807) is 14.2 Å². The molecular formula is C10H19NO3. The Kier molecular flexibility index (Phi) is 5.07. The lowest BCUT2D eigenvalue weighted by Gasteiger charge is -2.28. The fourth-order valence-electron chi connectivity index (χ4n) is 1.65. The quantitative estimate of drug-likeness (QED) is 0.642. The summed E-state index contributed by atoms with van der Waals surface area (Å²) >= 11 is 0. The molecule has 0 aromatic carbocycles. The number of hydrogen-bond acceptors (Lipinski definition) is 4. The first-order valence-corrected chi connectivity index (χ1v) is 5.02. The summed E-state index contributed by atoms with van der Waals surface area (Å²) in [6, 6.07) is 0. The molecule has 0 aromatic rings. The summed E-state index contributed by atoms with van der Waals surface area (Å²) in [5.41, 5.74) is 0. The van der Waals surface area contributed by atoms with Gasteiger partial charge in [-0.05, 0) is 0 Å². The molecule has 1 unspecified atom stereocenters. The first-order chi connectivity index (χ1) is 6.76. The van der Waals surface area contributed by atoms with Gasteiger partial charge < -0.3 is 9.47 Å². The van der Waals surface area contributed by atoms with Gasteiger partial charge in [-0.15, -0.1) is 0 Å². The summed E-state index contributed by atoms with van der Waals surface area (Å²) in [4.78, 5) is 13.3. The number of nitrogens with zero attached hydrogens (tertiary/aromatic N) is 1. The van der Waals surface area contributed by atoms with Crippen molar-refractivity contribution in [1.82, 2.24) is 4.90 Å². The Hall–Kier alpha value is -0.450. The third kappa shape index (κ3) is 3.74. The Bertz CT molecular complexity index is 174. The van der Waals surface area contributed by atoms with Crippen LogP contribution >= 0.6 is 0 Å². The van der Waals surface area contributed by atoms with E-state index in [-0.39, 0.29) is 6.10 Å². The Morgan fingerprint density at radius 1 is 1.36 bits per heavy atom. The molecule has 1 atom stereocenters. The zero-order valence-corrected chi connectivity index (χ0v) is 8.99. The van der Waals surface area contributed by atoms with E-state index >= 15 is 0 Å². The van der Waals surface area contributed by atoms with Crippen molar-refractivity contribution in [2.75, 3.05) is 40.5 Å². The van der Waals surface area contributed by atoms with Crippen LogP contribution in [-0.2, 0) is 14.3 Å². The topological polar surface area (TPSA) is 38.8 Å². The zero-order chi connectivity index (χ0) is 10.4. The van der Waals surface area contributed by atoms with Gasteiger partial charge >= 0.3 is 0 Å². The van der Waals surface area contributed by atoms with Crippen LogP contribution in [-0.4, -0.2) is 57.2 Å². The van der Waals surface area contributed by atoms with Crippen LogP contribution in [0.2, 0.25) is 0 Å². The van der Waals surface area contributed by atoms with Crippen molar-refractivity contribution in [2.24, 2.45) is 0 Å². The van der Waals surface area contributed by atoms with E-state index in [0.717, 1.165) is 19.6 Å². The lowest BCUT2D eigenvalue weighted by atomic mass is 10.1. The normalized spacial score (nSPS) is 21.1. The fraction of sp³-hybridized carbons (Fsp3) is 0.900. The second-order valence-corrected chi connectivity index (χ2v) is 3.65. The van der Waals surface area contributed by atoms with Gasteiger partial charge in [0.1, 0.15) is 5.78 Å². The molecule has 0 bridgehead atoms. The molecule has 0 aliphatic carbocycles. The molecule has 1 aliphatic heterocycles. The molecular weight excluding hydrogens is 182 g/mol. The minimum atomic E-state index is 0.119. The van der Waals surface area contributed by atoms with E-state index in [0.29, 0.717) is 25.2 Å². The van der Waals surface area contributed by atoms with Crippen LogP contribution in [0, 0.1) is 0 Å². The molecule has 1 rings (SSSR count). The summed E-state index contributed by atoms with van der Waals surface area (Å²) in [5, 5.41) is 0. The molecule has 0 amide bonds. The van der Waals surface area contributed by atoms with Gasteiger partial charge in [0.25, 0.3) is 0 Å². The number of carbonyl (C=O) groups excluding carboxylic acids is 1. The number of piperidine rings is 1. The summed E-state index contributed by atoms with van der Waals surface area (Å²) in [6.45, 7) is 3.20. The van der Waals surface area contributed by atoms with Crippen molar-refractivity contribution in [3.05, 3.63) is 0 Å². The maximum Gasteiger partial charge on any atom is 0.135 e. The van der Waals surface area contributed by atoms with E-state index in [1.165, 1.54) is 0 Å². The molecule has 1 saturated heterocycles. The third-order valence-corrected chi connectivity index (χ3v) is 2.56. The van der Waals surface area contributed by atoms with Crippen LogP contribution in [0.15, 0.2) is 0 Å². The van der Waals surface area contributed by atoms with Crippen LogP contribution in [0.5, 0.6) is 0 Å². The summed E-state index contributed by atoms with van der Waals surface area (Å²) in [7, 11) is 3.37. The van der Waals surface area contributed by atoms with Gasteiger partial charge in [0, 0.05) is 46.7 Å². The van der Waals surface area contributed by atoms with Crippen molar-refractivity contribution in [3.8, 4) is 0 Å². The van der Waals surface area contributed by atoms with E-state index < -0.39 is 0 Å². The largest absolute Gasteiger partial charge is 0.382 e. The monoisotopic (exact) mass is 201 g/mol. The van der Waals surface area contributed by atoms with Gasteiger partial charge in [-0.3, -0.25) is 9.69 Å². The lowest BCUT2D eigenvalue weighted by molar-refractivity contribution is -0.122. The Morgan fingerprint density at radius 2 is 2.00 bits per heavy atom. The summed E-state index contributed by atoms with van der Waals surface area (Å²) in [6.07, 6.45) is 1.49. The van der Waals surface area contributed by atoms with Gasteiger partial charge in [0.15, 0.2) is 0 Å². The highest BCUT2D eigenvalue weighted by molar-refractivity contribution is 5.79. The van der Waals surface area contributed by atoms with E-state index in [1.807, 2.05) is 0 Å². The number of ether oxygens (including phenoxy) is 2. The maximum absolute atomic E-state index is 11.0. The first-order valence-electron chi connectivity index (χ1n) is 5.02. The van der Waals surface area contributed by atoms with Crippen molar-refractivity contribution in [1.29, 1.82) is 0 Å². The van der Waals surface area contributed by atoms with Crippen molar-refractivity contribution < 1.29 is 14.3 Å². The van der Waals surface area contributed by atoms with E-state index in [9.17, 15) is 4.79 Å². The molecule has 1 aliphatic rings. The smallest absolute Gasteiger partial charge is 0.135 e. The van der Waals surface area contributed by atoms with Crippen molar-refractivity contribution in [3.63, 3.8) is 0 Å². The number of likely N-dealkylation sites (tertiary alicyclic amines) is 1. The molecule has 0 spiro atoms. The summed E-state index contributed by atoms with van der Waals surface area (Å²) < 4.78 is 10.3. The van der Waals surface area contributed by atoms with Crippen LogP contribution in [0.25, 0.3) is 0 Å². The number of Topliss-reactive ketones (excluding diaryl/α,β-unsaturated/α-hetero) is 1. The Morgan fingerprint density at radius 3 is 2.50 bits per heavy atom. The van der Waals surface area contributed by atoms with Gasteiger partial charge in [-0.25, -0.2) is 0 Å². The minimum Gasteiger partial charge on any atom is -0.382 e. The average Bonchev–Trinajstić information content (AvgIpc) is 2.20. The average molecular weight is 201 g/mol. The zero-order valence-electron chi connectivity index (χ0n) is 8.99. The molecule has 0 saturated carbocycles. The van der Waals surface area contributed by atoms with Crippen LogP contribution in [0.1, 0.15) is 12.8 Å². The highest BCUT2D eigenvalue weighted by atomic mass is 16.5. The van der Waals surface area contributed by atoms with Crippen LogP contribution < -0.4 is 0 Å². The fourth-order valence-corrected chi connectivity index (χ4v) is 1.65. The molecule has 14 heavy (non-hydrogen) atoms. The second-order valence-electron chi connectivity index (χ2n) is 3.65. The molecule has 1 heterocycles. The molecule has 0 radical (unpaired) electrons. The van der Waals surface area contributed by atoms with Gasteiger partial charge in [-0.1, -0.05) is 0 Å². The molecule has 4 nitrogen and oxygen atoms in total. The van der Waals surface area contributed by atoms with Crippen molar-refractivity contribution >= 4 is 5.78 Å². The lowest BCUT2D eigenvalue weighted by Crippen LogP contribution is -2.41. The standard InChI is InChI=1S/C10H19NO3/c1-13-8-10(14-2)7-11-5-3-9(12)4-6-11/h10H,3-8H2,1-2H3. The Labute approximate surface area is 85.2 Å². The summed E-state index contributed by atoms with van der Waals surface area (Å²) in [5.74, 6) is 0.377. The highest BCUT2D eigenvalue weighted by Crippen LogP contribution is 2.07. The number of hydrogen-bond donors (Lipinski definition) is 0. The minimum absolute atomic E-state index is 0.119. The molecule has 0 N–H and O–H groups in total. The number of rotatable bonds is 5. The maximum atomic E-state index is 11.0. The third-order valence-electron chi connectivity index (χ3n) is 2.56. The predicted molar refractivity (Wildman–Crippen MR) is 53.4 cm³/mol. The molecule has 4 heteroatoms. The van der Waals surface area contributed by atoms with Gasteiger partial charge in [-0.2, -0.15) is 0 Å². The van der Waals surface area contributed by atoms with E-state index in [2.05, 4.69) is 4.90 Å². The molecule has 0 aromatic heterocycles. The number of methoxy groups -OCH3 is 2. The molecule has 1 fully saturated rings. The van der Waals surface area contributed by atoms with Crippen LogP contribution in [0.4, 0.5) is 0 Å². The van der Waals surface area contributed by atoms with Gasteiger partial charge in [0.2, 0.25) is 0 Å². The first kappa shape index (κ1) is 11.6. The van der Waals surface area contributed by atoms with Crippen molar-refractivity contribution in [2.45, 2.75) is 18.9 Å². The van der Waals surface area contributed by atoms with Crippen LogP contribution in [0.3, 0.4) is 0 Å². The second kappa shape index (κ2) is 6.11. The SMILES string of the molecule is COCC(CN1CCC(=O)CC1)OC.